The minimum Gasteiger partial charge on any atom is -0.446 e. The Morgan fingerprint density at radius 1 is 1.38 bits per heavy atom. The highest BCUT2D eigenvalue weighted by Gasteiger charge is 2.03. The number of oxazole rings is 1. The van der Waals surface area contributed by atoms with E-state index in [1.54, 1.807) is 0 Å². The maximum atomic E-state index is 5.62. The Morgan fingerprint density at radius 3 is 3.00 bits per heavy atom. The van der Waals surface area contributed by atoms with Gasteiger partial charge in [0.05, 0.1) is 6.20 Å². The molecule has 0 spiro atoms. The van der Waals surface area contributed by atoms with Crippen molar-refractivity contribution in [2.75, 3.05) is 26.8 Å². The number of hydrogen-bond donors (Lipinski definition) is 1. The normalized spacial score (nSPS) is 10.9. The standard InChI is InChI=1S/C12H22N2O2/c1-3-15-9-5-6-11-10-14-12(16-11)7-4-8-13-2/h10,13H,3-9H2,1-2H3. The minimum absolute atomic E-state index is 0.783. The summed E-state index contributed by atoms with van der Waals surface area (Å²) in [6, 6.07) is 0. The molecule has 0 radical (unpaired) electrons. The molecule has 1 aromatic heterocycles. The molecule has 0 aliphatic rings. The molecule has 16 heavy (non-hydrogen) atoms. The maximum Gasteiger partial charge on any atom is 0.194 e. The first-order valence-electron chi connectivity index (χ1n) is 6.02. The molecular formula is C12H22N2O2. The van der Waals surface area contributed by atoms with Gasteiger partial charge in [0.25, 0.3) is 0 Å². The fraction of sp³-hybridized carbons (Fsp3) is 0.750. The van der Waals surface area contributed by atoms with Crippen molar-refractivity contribution in [1.29, 1.82) is 0 Å². The predicted molar refractivity (Wildman–Crippen MR) is 63.6 cm³/mol. The van der Waals surface area contributed by atoms with Crippen LogP contribution in [0.25, 0.3) is 0 Å². The average Bonchev–Trinajstić information content (AvgIpc) is 2.73. The molecule has 0 fully saturated rings. The van der Waals surface area contributed by atoms with Gasteiger partial charge in [-0.2, -0.15) is 0 Å². The van der Waals surface area contributed by atoms with Crippen LogP contribution in [0, 0.1) is 0 Å². The number of aromatic nitrogens is 1. The first-order valence-corrected chi connectivity index (χ1v) is 6.02. The third-order valence-electron chi connectivity index (χ3n) is 2.33. The summed E-state index contributed by atoms with van der Waals surface area (Å²) in [6.07, 6.45) is 5.72. The van der Waals surface area contributed by atoms with E-state index >= 15 is 0 Å². The molecule has 1 heterocycles. The van der Waals surface area contributed by atoms with Crippen LogP contribution >= 0.6 is 0 Å². The lowest BCUT2D eigenvalue weighted by atomic mass is 10.3. The zero-order valence-corrected chi connectivity index (χ0v) is 10.3. The predicted octanol–water partition coefficient (Wildman–Crippen LogP) is 1.80. The summed E-state index contributed by atoms with van der Waals surface area (Å²) in [7, 11) is 1.95. The van der Waals surface area contributed by atoms with Gasteiger partial charge in [-0.3, -0.25) is 0 Å². The van der Waals surface area contributed by atoms with Crippen LogP contribution in [0.2, 0.25) is 0 Å². The second-order valence-corrected chi connectivity index (χ2v) is 3.73. The molecule has 0 aliphatic carbocycles. The third kappa shape index (κ3) is 5.28. The molecule has 4 nitrogen and oxygen atoms in total. The lowest BCUT2D eigenvalue weighted by molar-refractivity contribution is 0.144. The Morgan fingerprint density at radius 2 is 2.25 bits per heavy atom. The van der Waals surface area contributed by atoms with Gasteiger partial charge in [0.1, 0.15) is 5.76 Å². The Kier molecular flexibility index (Phi) is 6.85. The van der Waals surface area contributed by atoms with E-state index in [2.05, 4.69) is 10.3 Å². The van der Waals surface area contributed by atoms with Crippen LogP contribution in [0.15, 0.2) is 10.6 Å². The van der Waals surface area contributed by atoms with Crippen LogP contribution in [-0.4, -0.2) is 31.8 Å². The van der Waals surface area contributed by atoms with Crippen molar-refractivity contribution in [2.45, 2.75) is 32.6 Å². The van der Waals surface area contributed by atoms with Gasteiger partial charge in [-0.05, 0) is 33.4 Å². The number of nitrogens with zero attached hydrogens (tertiary/aromatic N) is 1. The van der Waals surface area contributed by atoms with Crippen molar-refractivity contribution in [1.82, 2.24) is 10.3 Å². The summed E-state index contributed by atoms with van der Waals surface area (Å²) >= 11 is 0. The van der Waals surface area contributed by atoms with Gasteiger partial charge in [-0.1, -0.05) is 0 Å². The van der Waals surface area contributed by atoms with Crippen LogP contribution < -0.4 is 5.32 Å². The molecule has 0 amide bonds. The van der Waals surface area contributed by atoms with Gasteiger partial charge in [0.15, 0.2) is 5.89 Å². The van der Waals surface area contributed by atoms with Crippen molar-refractivity contribution in [3.05, 3.63) is 17.8 Å². The van der Waals surface area contributed by atoms with Crippen molar-refractivity contribution in [3.8, 4) is 0 Å². The van der Waals surface area contributed by atoms with Crippen LogP contribution in [-0.2, 0) is 17.6 Å². The summed E-state index contributed by atoms with van der Waals surface area (Å²) in [6.45, 7) is 4.59. The van der Waals surface area contributed by atoms with Gasteiger partial charge in [-0.25, -0.2) is 4.98 Å². The molecule has 0 saturated carbocycles. The molecule has 0 atom stereocenters. The van der Waals surface area contributed by atoms with Crippen molar-refractivity contribution in [3.63, 3.8) is 0 Å². The van der Waals surface area contributed by atoms with Crippen molar-refractivity contribution >= 4 is 0 Å². The first-order chi connectivity index (χ1) is 7.86. The maximum absolute atomic E-state index is 5.62. The van der Waals surface area contributed by atoms with Gasteiger partial charge < -0.3 is 14.5 Å². The van der Waals surface area contributed by atoms with Crippen molar-refractivity contribution in [2.24, 2.45) is 0 Å². The van der Waals surface area contributed by atoms with E-state index in [0.29, 0.717) is 0 Å². The lowest BCUT2D eigenvalue weighted by Crippen LogP contribution is -2.08. The number of nitrogens with one attached hydrogen (secondary N) is 1. The van der Waals surface area contributed by atoms with Gasteiger partial charge >= 0.3 is 0 Å². The smallest absolute Gasteiger partial charge is 0.194 e. The van der Waals surface area contributed by atoms with Crippen molar-refractivity contribution < 1.29 is 9.15 Å². The first kappa shape index (κ1) is 13.2. The van der Waals surface area contributed by atoms with Gasteiger partial charge in [0.2, 0.25) is 0 Å². The summed E-state index contributed by atoms with van der Waals surface area (Å²) in [5, 5.41) is 3.11. The van der Waals surface area contributed by atoms with Crippen LogP contribution in [0.3, 0.4) is 0 Å². The monoisotopic (exact) mass is 226 g/mol. The fourth-order valence-electron chi connectivity index (χ4n) is 1.49. The molecule has 1 aromatic rings. The summed E-state index contributed by atoms with van der Waals surface area (Å²) in [5.74, 6) is 1.82. The number of aryl methyl sites for hydroxylation is 2. The van der Waals surface area contributed by atoms with E-state index in [1.165, 1.54) is 0 Å². The fourth-order valence-corrected chi connectivity index (χ4v) is 1.49. The molecule has 0 unspecified atom stereocenters. The quantitative estimate of drug-likeness (QED) is 0.652. The van der Waals surface area contributed by atoms with Gasteiger partial charge in [-0.15, -0.1) is 0 Å². The summed E-state index contributed by atoms with van der Waals surface area (Å²) in [4.78, 5) is 4.25. The van der Waals surface area contributed by atoms with Crippen LogP contribution in [0.5, 0.6) is 0 Å². The SMILES string of the molecule is CCOCCCc1cnc(CCCNC)o1. The molecule has 1 rings (SSSR count). The Bertz CT molecular complexity index is 274. The largest absolute Gasteiger partial charge is 0.446 e. The average molecular weight is 226 g/mol. The molecule has 0 aliphatic heterocycles. The highest BCUT2D eigenvalue weighted by atomic mass is 16.5. The lowest BCUT2D eigenvalue weighted by Gasteiger charge is -1.98. The highest BCUT2D eigenvalue weighted by molar-refractivity contribution is 4.94. The second-order valence-electron chi connectivity index (χ2n) is 3.73. The van der Waals surface area contributed by atoms with E-state index < -0.39 is 0 Å². The molecule has 4 heteroatoms. The van der Waals surface area contributed by atoms with E-state index in [9.17, 15) is 0 Å². The summed E-state index contributed by atoms with van der Waals surface area (Å²) < 4.78 is 10.9. The third-order valence-corrected chi connectivity index (χ3v) is 2.33. The number of hydrogen-bond acceptors (Lipinski definition) is 4. The van der Waals surface area contributed by atoms with E-state index in [0.717, 1.165) is 57.1 Å². The van der Waals surface area contributed by atoms with E-state index in [-0.39, 0.29) is 0 Å². The summed E-state index contributed by atoms with van der Waals surface area (Å²) in [5.41, 5.74) is 0. The molecular weight excluding hydrogens is 204 g/mol. The molecule has 0 bridgehead atoms. The zero-order valence-electron chi connectivity index (χ0n) is 10.3. The number of ether oxygens (including phenoxy) is 1. The molecule has 0 saturated heterocycles. The topological polar surface area (TPSA) is 47.3 Å². The highest BCUT2D eigenvalue weighted by Crippen LogP contribution is 2.08. The van der Waals surface area contributed by atoms with Crippen LogP contribution in [0.1, 0.15) is 31.4 Å². The Balaban J connectivity index is 2.17. The van der Waals surface area contributed by atoms with Crippen LogP contribution in [0.4, 0.5) is 0 Å². The van der Waals surface area contributed by atoms with E-state index in [1.807, 2.05) is 20.2 Å². The zero-order chi connectivity index (χ0) is 11.6. The molecule has 1 N–H and O–H groups in total. The van der Waals surface area contributed by atoms with E-state index in [4.69, 9.17) is 9.15 Å². The minimum atomic E-state index is 0.783. The molecule has 92 valence electrons. The second kappa shape index (κ2) is 8.30. The Labute approximate surface area is 97.4 Å². The number of rotatable bonds is 9. The van der Waals surface area contributed by atoms with Gasteiger partial charge in [0, 0.05) is 26.1 Å². The Hall–Kier alpha value is -0.870. The molecule has 0 aromatic carbocycles.